The summed E-state index contributed by atoms with van der Waals surface area (Å²) in [5, 5.41) is 18.7. The van der Waals surface area contributed by atoms with Gasteiger partial charge in [-0.2, -0.15) is 5.10 Å². The Labute approximate surface area is 199 Å². The predicted octanol–water partition coefficient (Wildman–Crippen LogP) is 2.08. The Morgan fingerprint density at radius 2 is 1.97 bits per heavy atom. The lowest BCUT2D eigenvalue weighted by Gasteiger charge is -2.32. The standard InChI is InChI=1S/C23H24N6O4S/c1-3-11-10-13(23(32)33)21(34-11)19-17-18(25-26-19)12-4-5-14(24)16(15(12)20(17)30)22(31)27-29-8-6-28(2)7-9-29/h4-5,10H,3,6-9,24H2,1-2H3,(H,25,26)(H,27,31)(H,32,33). The predicted molar refractivity (Wildman–Crippen MR) is 128 cm³/mol. The molecule has 1 saturated heterocycles. The van der Waals surface area contributed by atoms with Crippen LogP contribution in [0.1, 0.15) is 48.4 Å². The minimum atomic E-state index is -1.08. The molecule has 34 heavy (non-hydrogen) atoms. The number of carbonyl (C=O) groups is 3. The zero-order valence-corrected chi connectivity index (χ0v) is 19.6. The summed E-state index contributed by atoms with van der Waals surface area (Å²) in [5.41, 5.74) is 11.2. The number of ketones is 1. The van der Waals surface area contributed by atoms with Crippen LogP contribution in [-0.4, -0.2) is 76.1 Å². The number of aromatic carboxylic acids is 1. The van der Waals surface area contributed by atoms with Gasteiger partial charge >= 0.3 is 5.97 Å². The summed E-state index contributed by atoms with van der Waals surface area (Å²) in [5.74, 6) is -1.92. The molecule has 0 bridgehead atoms. The summed E-state index contributed by atoms with van der Waals surface area (Å²) in [6.07, 6.45) is 0.669. The molecule has 0 atom stereocenters. The summed E-state index contributed by atoms with van der Waals surface area (Å²) in [4.78, 5) is 42.2. The number of aromatic amines is 1. The average Bonchev–Trinajstić information content (AvgIpc) is 3.50. The molecule has 5 N–H and O–H groups in total. The molecule has 1 amide bonds. The molecule has 0 spiro atoms. The van der Waals surface area contributed by atoms with Crippen molar-refractivity contribution in [2.75, 3.05) is 39.0 Å². The lowest BCUT2D eigenvalue weighted by atomic mass is 9.98. The zero-order valence-electron chi connectivity index (χ0n) is 18.8. The Hall–Kier alpha value is -3.54. The number of hydrogen-bond donors (Lipinski definition) is 4. The second-order valence-electron chi connectivity index (χ2n) is 8.45. The van der Waals surface area contributed by atoms with Gasteiger partial charge in [0.15, 0.2) is 5.78 Å². The van der Waals surface area contributed by atoms with Gasteiger partial charge in [-0.05, 0) is 31.7 Å². The quantitative estimate of drug-likeness (QED) is 0.318. The highest BCUT2D eigenvalue weighted by Gasteiger charge is 2.38. The van der Waals surface area contributed by atoms with Gasteiger partial charge in [0.05, 0.1) is 27.3 Å². The Kier molecular flexibility index (Phi) is 5.47. The highest BCUT2D eigenvalue weighted by Crippen LogP contribution is 2.45. The number of hydrazine groups is 1. The van der Waals surface area contributed by atoms with Gasteiger partial charge in [-0.3, -0.25) is 20.1 Å². The molecular weight excluding hydrogens is 456 g/mol. The van der Waals surface area contributed by atoms with Crippen molar-refractivity contribution in [2.45, 2.75) is 13.3 Å². The highest BCUT2D eigenvalue weighted by molar-refractivity contribution is 7.16. The van der Waals surface area contributed by atoms with E-state index in [1.165, 1.54) is 11.3 Å². The molecule has 1 fully saturated rings. The number of nitrogens with one attached hydrogen (secondary N) is 2. The number of hydrogen-bond acceptors (Lipinski definition) is 8. The zero-order chi connectivity index (χ0) is 24.1. The van der Waals surface area contributed by atoms with Gasteiger partial charge in [-0.15, -0.1) is 11.3 Å². The number of piperazine rings is 1. The number of aryl methyl sites for hydroxylation is 1. The van der Waals surface area contributed by atoms with Gasteiger partial charge in [-0.25, -0.2) is 9.80 Å². The van der Waals surface area contributed by atoms with Crippen molar-refractivity contribution in [3.8, 4) is 21.8 Å². The van der Waals surface area contributed by atoms with E-state index < -0.39 is 17.7 Å². The minimum Gasteiger partial charge on any atom is -0.478 e. The van der Waals surface area contributed by atoms with E-state index in [1.54, 1.807) is 18.2 Å². The van der Waals surface area contributed by atoms with Crippen LogP contribution in [0.3, 0.4) is 0 Å². The maximum atomic E-state index is 13.7. The van der Waals surface area contributed by atoms with Crippen LogP contribution in [0, 0.1) is 0 Å². The van der Waals surface area contributed by atoms with Crippen molar-refractivity contribution >= 4 is 34.7 Å². The molecule has 3 heterocycles. The normalized spacial score (nSPS) is 15.9. The van der Waals surface area contributed by atoms with Crippen LogP contribution < -0.4 is 11.2 Å². The number of aromatic nitrogens is 2. The van der Waals surface area contributed by atoms with Crippen molar-refractivity contribution < 1.29 is 19.5 Å². The Balaban J connectivity index is 1.55. The Morgan fingerprint density at radius 3 is 2.65 bits per heavy atom. The van der Waals surface area contributed by atoms with Crippen molar-refractivity contribution in [1.82, 2.24) is 25.5 Å². The number of carbonyl (C=O) groups excluding carboxylic acids is 2. The van der Waals surface area contributed by atoms with Crippen LogP contribution in [0.5, 0.6) is 0 Å². The molecular formula is C23H24N6O4S. The summed E-state index contributed by atoms with van der Waals surface area (Å²) < 4.78 is 0. The lowest BCUT2D eigenvalue weighted by Crippen LogP contribution is -2.52. The Morgan fingerprint density at radius 1 is 1.24 bits per heavy atom. The number of nitrogen functional groups attached to an aromatic ring is 1. The van der Waals surface area contributed by atoms with Crippen molar-refractivity contribution in [3.05, 3.63) is 45.3 Å². The third-order valence-corrected chi connectivity index (χ3v) is 7.59. The number of carboxylic acids is 1. The molecule has 1 aromatic carbocycles. The number of nitrogens with zero attached hydrogens (tertiary/aromatic N) is 3. The first-order valence-electron chi connectivity index (χ1n) is 11.0. The third kappa shape index (κ3) is 3.49. The smallest absolute Gasteiger partial charge is 0.337 e. The molecule has 10 nitrogen and oxygen atoms in total. The fourth-order valence-corrected chi connectivity index (χ4v) is 5.51. The van der Waals surface area contributed by atoms with E-state index in [4.69, 9.17) is 5.73 Å². The van der Waals surface area contributed by atoms with Gasteiger partial charge in [-0.1, -0.05) is 6.92 Å². The molecule has 1 aliphatic carbocycles. The van der Waals surface area contributed by atoms with Crippen molar-refractivity contribution in [3.63, 3.8) is 0 Å². The molecule has 11 heteroatoms. The topological polar surface area (TPSA) is 145 Å². The second kappa shape index (κ2) is 8.35. The molecule has 5 rings (SSSR count). The van der Waals surface area contributed by atoms with E-state index in [9.17, 15) is 19.5 Å². The van der Waals surface area contributed by atoms with Crippen LogP contribution in [0.25, 0.3) is 21.8 Å². The number of thiophene rings is 1. The first kappa shape index (κ1) is 22.3. The Bertz CT molecular complexity index is 1340. The van der Waals surface area contributed by atoms with Crippen molar-refractivity contribution in [1.29, 1.82) is 0 Å². The molecule has 2 aromatic heterocycles. The number of carboxylic acid groups (broad SMARTS) is 1. The maximum absolute atomic E-state index is 13.7. The number of nitrogens with two attached hydrogens (primary N) is 1. The van der Waals surface area contributed by atoms with Gasteiger partial charge < -0.3 is 15.7 Å². The van der Waals surface area contributed by atoms with Crippen molar-refractivity contribution in [2.24, 2.45) is 0 Å². The number of anilines is 1. The molecule has 1 aliphatic heterocycles. The lowest BCUT2D eigenvalue weighted by molar-refractivity contribution is 0.0659. The number of rotatable bonds is 5. The van der Waals surface area contributed by atoms with Gasteiger partial charge in [0, 0.05) is 47.9 Å². The largest absolute Gasteiger partial charge is 0.478 e. The molecule has 0 radical (unpaired) electrons. The fraction of sp³-hybridized carbons (Fsp3) is 0.304. The summed E-state index contributed by atoms with van der Waals surface area (Å²) in [7, 11) is 2.02. The first-order valence-corrected chi connectivity index (χ1v) is 11.8. The van der Waals surface area contributed by atoms with Crippen LogP contribution in [0.15, 0.2) is 18.2 Å². The number of likely N-dealkylation sites (N-methyl/N-ethyl adjacent to an activating group) is 1. The first-order chi connectivity index (χ1) is 16.3. The summed E-state index contributed by atoms with van der Waals surface area (Å²) in [6.45, 7) is 4.88. The van der Waals surface area contributed by atoms with Crippen LogP contribution >= 0.6 is 11.3 Å². The van der Waals surface area contributed by atoms with Crippen LogP contribution in [-0.2, 0) is 6.42 Å². The molecule has 2 aliphatic rings. The molecule has 176 valence electrons. The van der Waals surface area contributed by atoms with E-state index in [0.717, 1.165) is 18.0 Å². The molecule has 0 saturated carbocycles. The monoisotopic (exact) mass is 480 g/mol. The van der Waals surface area contributed by atoms with E-state index in [1.807, 2.05) is 19.0 Å². The van der Waals surface area contributed by atoms with Crippen LogP contribution in [0.2, 0.25) is 0 Å². The number of H-pyrrole nitrogens is 1. The maximum Gasteiger partial charge on any atom is 0.337 e. The second-order valence-corrected chi connectivity index (χ2v) is 9.59. The van der Waals surface area contributed by atoms with E-state index >= 15 is 0 Å². The average molecular weight is 481 g/mol. The third-order valence-electron chi connectivity index (χ3n) is 6.29. The summed E-state index contributed by atoms with van der Waals surface area (Å²) >= 11 is 1.31. The number of benzene rings is 1. The number of fused-ring (bicyclic) bond motifs is 3. The molecule has 0 unspecified atom stereocenters. The highest BCUT2D eigenvalue weighted by atomic mass is 32.1. The minimum absolute atomic E-state index is 0.115. The number of amides is 1. The van der Waals surface area contributed by atoms with Gasteiger partial charge in [0.1, 0.15) is 5.69 Å². The molecule has 3 aromatic rings. The van der Waals surface area contributed by atoms with E-state index in [0.29, 0.717) is 41.3 Å². The van der Waals surface area contributed by atoms with Crippen LogP contribution in [0.4, 0.5) is 5.69 Å². The van der Waals surface area contributed by atoms with Gasteiger partial charge in [0.2, 0.25) is 0 Å². The summed E-state index contributed by atoms with van der Waals surface area (Å²) in [6, 6.07) is 4.89. The SMILES string of the molecule is CCc1cc(C(=O)O)c(-c2[nH]nc3c2C(=O)c2c-3ccc(N)c2C(=O)NN2CCN(C)CC2)s1. The van der Waals surface area contributed by atoms with E-state index in [2.05, 4.69) is 20.5 Å². The van der Waals surface area contributed by atoms with E-state index in [-0.39, 0.29) is 27.9 Å². The fourth-order valence-electron chi connectivity index (χ4n) is 4.42. The van der Waals surface area contributed by atoms with Gasteiger partial charge in [0.25, 0.3) is 5.91 Å².